The van der Waals surface area contributed by atoms with Crippen LogP contribution in [0.5, 0.6) is 0 Å². The van der Waals surface area contributed by atoms with Gasteiger partial charge in [-0.2, -0.15) is 0 Å². The number of hydrogen-bond donors (Lipinski definition) is 0. The highest BCUT2D eigenvalue weighted by Crippen LogP contribution is 2.36. The van der Waals surface area contributed by atoms with Crippen LogP contribution in [0.25, 0.3) is 88.8 Å². The van der Waals surface area contributed by atoms with Crippen molar-refractivity contribution >= 4 is 43.5 Å². The van der Waals surface area contributed by atoms with Gasteiger partial charge in [-0.15, -0.1) is 0 Å². The summed E-state index contributed by atoms with van der Waals surface area (Å²) >= 11 is 0. The Morgan fingerprint density at radius 2 is 0.867 bits per heavy atom. The molecule has 2 heterocycles. The molecule has 0 aliphatic rings. The van der Waals surface area contributed by atoms with Crippen LogP contribution in [0.3, 0.4) is 0 Å². The number of fused-ring (bicyclic) bond motifs is 6. The highest BCUT2D eigenvalue weighted by molar-refractivity contribution is 6.13. The zero-order chi connectivity index (χ0) is 29.7. The fourth-order valence-corrected chi connectivity index (χ4v) is 6.31. The molecular weight excluding hydrogens is 550 g/mol. The first-order valence-corrected chi connectivity index (χ1v) is 15.0. The average molecular weight is 576 g/mol. The van der Waals surface area contributed by atoms with Crippen molar-refractivity contribution in [2.75, 3.05) is 0 Å². The molecule has 0 bridgehead atoms. The van der Waals surface area contributed by atoms with Crippen LogP contribution in [0.15, 0.2) is 156 Å². The van der Waals surface area contributed by atoms with Gasteiger partial charge in [0.05, 0.1) is 0 Å². The molecule has 0 N–H and O–H groups in total. The largest absolute Gasteiger partial charge is 0.456 e. The first kappa shape index (κ1) is 25.4. The molecule has 0 saturated carbocycles. The van der Waals surface area contributed by atoms with Crippen LogP contribution in [0.4, 0.5) is 0 Å². The van der Waals surface area contributed by atoms with Gasteiger partial charge in [0.15, 0.2) is 17.5 Å². The van der Waals surface area contributed by atoms with Crippen molar-refractivity contribution in [1.29, 1.82) is 0 Å². The third-order valence-electron chi connectivity index (χ3n) is 8.52. The van der Waals surface area contributed by atoms with Crippen molar-refractivity contribution in [3.63, 3.8) is 0 Å². The minimum Gasteiger partial charge on any atom is -0.456 e. The summed E-state index contributed by atoms with van der Waals surface area (Å²) in [5.74, 6) is 1.89. The van der Waals surface area contributed by atoms with E-state index >= 15 is 0 Å². The van der Waals surface area contributed by atoms with Gasteiger partial charge in [0.25, 0.3) is 0 Å². The molecule has 4 heteroatoms. The van der Waals surface area contributed by atoms with Gasteiger partial charge in [-0.1, -0.05) is 121 Å². The van der Waals surface area contributed by atoms with Crippen LogP contribution in [0.1, 0.15) is 0 Å². The van der Waals surface area contributed by atoms with E-state index in [9.17, 15) is 0 Å². The standard InChI is InChI=1S/C41H25N3O/c1-2-10-27(11-3-1)39-42-40(44-41(43-39)30-22-23-38-36(25-30)34-16-8-9-17-37(34)45-38)28-20-18-26(19-21-28)35-24-29-12-4-5-13-31(29)32-14-6-7-15-33(32)35/h1-25H. The number of hydrogen-bond acceptors (Lipinski definition) is 4. The van der Waals surface area contributed by atoms with Gasteiger partial charge >= 0.3 is 0 Å². The fourth-order valence-electron chi connectivity index (χ4n) is 6.31. The second-order valence-corrected chi connectivity index (χ2v) is 11.2. The normalized spacial score (nSPS) is 11.6. The summed E-state index contributed by atoms with van der Waals surface area (Å²) in [5, 5.41) is 7.10. The van der Waals surface area contributed by atoms with Crippen molar-refractivity contribution in [1.82, 2.24) is 15.0 Å². The lowest BCUT2D eigenvalue weighted by molar-refractivity contribution is 0.669. The zero-order valence-electron chi connectivity index (χ0n) is 24.2. The summed E-state index contributed by atoms with van der Waals surface area (Å²) in [6.07, 6.45) is 0. The Balaban J connectivity index is 1.18. The third kappa shape index (κ3) is 4.35. The highest BCUT2D eigenvalue weighted by atomic mass is 16.3. The second kappa shape index (κ2) is 10.2. The van der Waals surface area contributed by atoms with Crippen molar-refractivity contribution in [3.8, 4) is 45.3 Å². The fraction of sp³-hybridized carbons (Fsp3) is 0. The average Bonchev–Trinajstić information content (AvgIpc) is 3.50. The van der Waals surface area contributed by atoms with Crippen molar-refractivity contribution in [2.45, 2.75) is 0 Å². The molecule has 9 aromatic rings. The number of furan rings is 1. The van der Waals surface area contributed by atoms with Gasteiger partial charge in [0.2, 0.25) is 0 Å². The van der Waals surface area contributed by atoms with E-state index in [1.54, 1.807) is 0 Å². The van der Waals surface area contributed by atoms with E-state index in [1.165, 1.54) is 27.1 Å². The third-order valence-corrected chi connectivity index (χ3v) is 8.52. The zero-order valence-corrected chi connectivity index (χ0v) is 24.2. The minimum absolute atomic E-state index is 0.621. The molecule has 0 amide bonds. The van der Waals surface area contributed by atoms with Gasteiger partial charge in [-0.3, -0.25) is 0 Å². The summed E-state index contributed by atoms with van der Waals surface area (Å²) < 4.78 is 6.07. The van der Waals surface area contributed by atoms with E-state index < -0.39 is 0 Å². The van der Waals surface area contributed by atoms with Crippen LogP contribution in [0.2, 0.25) is 0 Å². The van der Waals surface area contributed by atoms with Gasteiger partial charge in [0, 0.05) is 27.5 Å². The van der Waals surface area contributed by atoms with Gasteiger partial charge in [-0.25, -0.2) is 15.0 Å². The summed E-state index contributed by atoms with van der Waals surface area (Å²) in [4.78, 5) is 14.9. The molecule has 0 saturated heterocycles. The van der Waals surface area contributed by atoms with Crippen molar-refractivity contribution in [3.05, 3.63) is 152 Å². The molecule has 210 valence electrons. The number of para-hydroxylation sites is 1. The molecule has 0 radical (unpaired) electrons. The Morgan fingerprint density at radius 1 is 0.333 bits per heavy atom. The number of nitrogens with zero attached hydrogens (tertiary/aromatic N) is 3. The molecule has 45 heavy (non-hydrogen) atoms. The molecule has 4 nitrogen and oxygen atoms in total. The summed E-state index contributed by atoms with van der Waals surface area (Å²) in [6.45, 7) is 0. The summed E-state index contributed by atoms with van der Waals surface area (Å²) in [5.41, 5.74) is 6.85. The topological polar surface area (TPSA) is 51.8 Å². The molecule has 0 fully saturated rings. The Bertz CT molecular complexity index is 2530. The van der Waals surface area contributed by atoms with Crippen molar-refractivity contribution < 1.29 is 4.42 Å². The molecule has 0 aliphatic carbocycles. The maximum Gasteiger partial charge on any atom is 0.164 e. The maximum atomic E-state index is 6.07. The van der Waals surface area contributed by atoms with Crippen LogP contribution in [-0.4, -0.2) is 15.0 Å². The molecule has 0 aliphatic heterocycles. The Kier molecular flexibility index (Phi) is 5.78. The first-order valence-electron chi connectivity index (χ1n) is 15.0. The van der Waals surface area contributed by atoms with E-state index in [1.807, 2.05) is 60.7 Å². The maximum absolute atomic E-state index is 6.07. The van der Waals surface area contributed by atoms with Crippen LogP contribution in [0, 0.1) is 0 Å². The lowest BCUT2D eigenvalue weighted by atomic mass is 9.93. The monoisotopic (exact) mass is 575 g/mol. The number of benzene rings is 7. The first-order chi connectivity index (χ1) is 22.3. The number of rotatable bonds is 4. The van der Waals surface area contributed by atoms with E-state index in [4.69, 9.17) is 19.4 Å². The van der Waals surface area contributed by atoms with Crippen molar-refractivity contribution in [2.24, 2.45) is 0 Å². The Morgan fingerprint density at radius 3 is 1.64 bits per heavy atom. The SMILES string of the molecule is c1ccc(-c2nc(-c3ccc(-c4cc5ccccc5c5ccccc45)cc3)nc(-c3ccc4oc5ccccc5c4c3)n2)cc1. The number of aromatic nitrogens is 3. The predicted octanol–water partition coefficient (Wildman–Crippen LogP) is 10.7. The van der Waals surface area contributed by atoms with E-state index in [-0.39, 0.29) is 0 Å². The summed E-state index contributed by atoms with van der Waals surface area (Å²) in [6, 6.07) is 52.3. The van der Waals surface area contributed by atoms with Crippen LogP contribution in [-0.2, 0) is 0 Å². The second-order valence-electron chi connectivity index (χ2n) is 11.2. The van der Waals surface area contributed by atoms with E-state index in [0.29, 0.717) is 17.5 Å². The molecular formula is C41H25N3O. The quantitative estimate of drug-likeness (QED) is 0.196. The smallest absolute Gasteiger partial charge is 0.164 e. The lowest BCUT2D eigenvalue weighted by Gasteiger charge is -2.12. The van der Waals surface area contributed by atoms with E-state index in [0.717, 1.165) is 44.2 Å². The minimum atomic E-state index is 0.621. The summed E-state index contributed by atoms with van der Waals surface area (Å²) in [7, 11) is 0. The van der Waals surface area contributed by atoms with Crippen LogP contribution >= 0.6 is 0 Å². The van der Waals surface area contributed by atoms with Crippen LogP contribution < -0.4 is 0 Å². The van der Waals surface area contributed by atoms with Gasteiger partial charge < -0.3 is 4.42 Å². The predicted molar refractivity (Wildman–Crippen MR) is 184 cm³/mol. The Labute approximate surface area is 259 Å². The Hall–Kier alpha value is -6.13. The van der Waals surface area contributed by atoms with E-state index in [2.05, 4.69) is 91.0 Å². The molecule has 2 aromatic heterocycles. The molecule has 0 unspecified atom stereocenters. The molecule has 0 atom stereocenters. The molecule has 7 aromatic carbocycles. The molecule has 0 spiro atoms. The van der Waals surface area contributed by atoms with Gasteiger partial charge in [0.1, 0.15) is 11.2 Å². The lowest BCUT2D eigenvalue weighted by Crippen LogP contribution is -2.00. The van der Waals surface area contributed by atoms with Gasteiger partial charge in [-0.05, 0) is 63.0 Å². The molecule has 9 rings (SSSR count). The highest BCUT2D eigenvalue weighted by Gasteiger charge is 2.15.